The number of rotatable bonds is 6. The third-order valence-electron chi connectivity index (χ3n) is 3.50. The third kappa shape index (κ3) is 4.06. The number of amides is 1. The summed E-state index contributed by atoms with van der Waals surface area (Å²) < 4.78 is 15.0. The monoisotopic (exact) mass is 356 g/mol. The van der Waals surface area contributed by atoms with E-state index >= 15 is 0 Å². The number of hydrogen-bond acceptors (Lipinski definition) is 4. The molecule has 1 N–H and O–H groups in total. The summed E-state index contributed by atoms with van der Waals surface area (Å²) in [5, 5.41) is 11.9. The Hall–Kier alpha value is -2.67. The van der Waals surface area contributed by atoms with Crippen LogP contribution in [0.2, 0.25) is 0 Å². The van der Waals surface area contributed by atoms with E-state index in [-0.39, 0.29) is 18.3 Å². The second-order valence-electron chi connectivity index (χ2n) is 5.19. The molecular weight excluding hydrogens is 339 g/mol. The van der Waals surface area contributed by atoms with Crippen LogP contribution in [0.1, 0.15) is 23.1 Å². The largest absolute Gasteiger partial charge is 0.345 e. The lowest BCUT2D eigenvalue weighted by Crippen LogP contribution is -2.24. The molecule has 1 heterocycles. The van der Waals surface area contributed by atoms with Gasteiger partial charge in [0.15, 0.2) is 11.0 Å². The van der Waals surface area contributed by atoms with Crippen LogP contribution in [-0.4, -0.2) is 26.4 Å². The molecule has 0 fully saturated rings. The second kappa shape index (κ2) is 7.94. The molecule has 0 bridgehead atoms. The van der Waals surface area contributed by atoms with E-state index in [1.807, 2.05) is 29.7 Å². The summed E-state index contributed by atoms with van der Waals surface area (Å²) in [6.07, 6.45) is 0. The van der Waals surface area contributed by atoms with Crippen LogP contribution in [0.4, 0.5) is 4.39 Å². The van der Waals surface area contributed by atoms with Gasteiger partial charge in [0.1, 0.15) is 5.82 Å². The molecule has 5 nitrogen and oxygen atoms in total. The maximum atomic E-state index is 13.2. The maximum Gasteiger partial charge on any atom is 0.251 e. The Morgan fingerprint density at radius 1 is 1.12 bits per heavy atom. The fraction of sp³-hybridized carbons (Fsp3) is 0.167. The van der Waals surface area contributed by atoms with Crippen LogP contribution >= 0.6 is 11.8 Å². The molecule has 1 amide bonds. The molecule has 25 heavy (non-hydrogen) atoms. The maximum absolute atomic E-state index is 13.2. The van der Waals surface area contributed by atoms with Crippen LogP contribution in [0.3, 0.4) is 0 Å². The highest BCUT2D eigenvalue weighted by Crippen LogP contribution is 2.22. The second-order valence-corrected chi connectivity index (χ2v) is 6.42. The average Bonchev–Trinajstić information content (AvgIpc) is 3.04. The van der Waals surface area contributed by atoms with E-state index in [1.165, 1.54) is 23.9 Å². The molecule has 0 saturated carbocycles. The van der Waals surface area contributed by atoms with Gasteiger partial charge in [-0.15, -0.1) is 10.2 Å². The summed E-state index contributed by atoms with van der Waals surface area (Å²) in [6, 6.07) is 15.1. The zero-order chi connectivity index (χ0) is 17.6. The van der Waals surface area contributed by atoms with Crippen molar-refractivity contribution in [2.45, 2.75) is 18.6 Å². The van der Waals surface area contributed by atoms with E-state index < -0.39 is 0 Å². The molecule has 3 aromatic rings. The first kappa shape index (κ1) is 17.2. The molecule has 2 aromatic carbocycles. The molecule has 128 valence electrons. The van der Waals surface area contributed by atoms with Crippen LogP contribution in [0.5, 0.6) is 0 Å². The van der Waals surface area contributed by atoms with Gasteiger partial charge >= 0.3 is 0 Å². The van der Waals surface area contributed by atoms with Crippen LogP contribution in [0.15, 0.2) is 59.8 Å². The Balaban J connectivity index is 1.84. The molecular formula is C18H17FN4OS. The van der Waals surface area contributed by atoms with Crippen molar-refractivity contribution in [1.82, 2.24) is 20.1 Å². The Kier molecular flexibility index (Phi) is 5.45. The van der Waals surface area contributed by atoms with Crippen molar-refractivity contribution in [3.63, 3.8) is 0 Å². The number of thioether (sulfide) groups is 1. The number of nitrogens with one attached hydrogen (secondary N) is 1. The molecule has 0 aliphatic carbocycles. The van der Waals surface area contributed by atoms with Gasteiger partial charge in [0, 0.05) is 11.3 Å². The summed E-state index contributed by atoms with van der Waals surface area (Å²) in [7, 11) is 0. The predicted octanol–water partition coefficient (Wildman–Crippen LogP) is 3.45. The van der Waals surface area contributed by atoms with E-state index in [4.69, 9.17) is 0 Å². The Morgan fingerprint density at radius 3 is 2.52 bits per heavy atom. The SMILES string of the molecule is CCSc1nnc(CNC(=O)c2ccccc2)n1-c1ccc(F)cc1. The lowest BCUT2D eigenvalue weighted by atomic mass is 10.2. The van der Waals surface area contributed by atoms with Crippen molar-refractivity contribution in [2.75, 3.05) is 5.75 Å². The van der Waals surface area contributed by atoms with Gasteiger partial charge in [-0.3, -0.25) is 9.36 Å². The normalized spacial score (nSPS) is 10.6. The van der Waals surface area contributed by atoms with Crippen molar-refractivity contribution >= 4 is 17.7 Å². The highest BCUT2D eigenvalue weighted by molar-refractivity contribution is 7.99. The van der Waals surface area contributed by atoms with Gasteiger partial charge in [0.25, 0.3) is 5.91 Å². The molecule has 0 radical (unpaired) electrons. The van der Waals surface area contributed by atoms with Crippen LogP contribution in [0.25, 0.3) is 5.69 Å². The van der Waals surface area contributed by atoms with Gasteiger partial charge < -0.3 is 5.32 Å². The van der Waals surface area contributed by atoms with E-state index in [0.717, 1.165) is 11.4 Å². The smallest absolute Gasteiger partial charge is 0.251 e. The summed E-state index contributed by atoms with van der Waals surface area (Å²) >= 11 is 1.54. The number of aromatic nitrogens is 3. The fourth-order valence-electron chi connectivity index (χ4n) is 2.34. The van der Waals surface area contributed by atoms with Crippen LogP contribution < -0.4 is 5.32 Å². The zero-order valence-corrected chi connectivity index (χ0v) is 14.5. The Bertz CT molecular complexity index is 849. The van der Waals surface area contributed by atoms with Crippen LogP contribution in [0, 0.1) is 5.82 Å². The minimum absolute atomic E-state index is 0.182. The summed E-state index contributed by atoms with van der Waals surface area (Å²) in [6.45, 7) is 2.24. The van der Waals surface area contributed by atoms with Crippen molar-refractivity contribution < 1.29 is 9.18 Å². The zero-order valence-electron chi connectivity index (χ0n) is 13.6. The average molecular weight is 356 g/mol. The first-order valence-electron chi connectivity index (χ1n) is 7.85. The number of nitrogens with zero attached hydrogens (tertiary/aromatic N) is 3. The first-order chi connectivity index (χ1) is 12.2. The molecule has 0 atom stereocenters. The third-order valence-corrected chi connectivity index (χ3v) is 4.31. The molecule has 0 unspecified atom stereocenters. The van der Waals surface area contributed by atoms with Crippen molar-refractivity contribution in [2.24, 2.45) is 0 Å². The highest BCUT2D eigenvalue weighted by atomic mass is 32.2. The number of benzene rings is 2. The van der Waals surface area contributed by atoms with E-state index in [1.54, 1.807) is 24.3 Å². The number of carbonyl (C=O) groups is 1. The summed E-state index contributed by atoms with van der Waals surface area (Å²) in [5.74, 6) is 0.932. The topological polar surface area (TPSA) is 59.8 Å². The van der Waals surface area contributed by atoms with E-state index in [0.29, 0.717) is 16.5 Å². The Labute approximate surface area is 149 Å². The number of hydrogen-bond donors (Lipinski definition) is 1. The molecule has 3 rings (SSSR count). The highest BCUT2D eigenvalue weighted by Gasteiger charge is 2.15. The van der Waals surface area contributed by atoms with Gasteiger partial charge in [-0.1, -0.05) is 36.9 Å². The lowest BCUT2D eigenvalue weighted by molar-refractivity contribution is 0.0949. The van der Waals surface area contributed by atoms with Gasteiger partial charge in [0.05, 0.1) is 6.54 Å². The summed E-state index contributed by atoms with van der Waals surface area (Å²) in [4.78, 5) is 12.2. The van der Waals surface area contributed by atoms with Crippen LogP contribution in [-0.2, 0) is 6.54 Å². The lowest BCUT2D eigenvalue weighted by Gasteiger charge is -2.10. The van der Waals surface area contributed by atoms with E-state index in [9.17, 15) is 9.18 Å². The van der Waals surface area contributed by atoms with Crippen molar-refractivity contribution in [3.05, 3.63) is 71.8 Å². The van der Waals surface area contributed by atoms with Crippen molar-refractivity contribution in [3.8, 4) is 5.69 Å². The Morgan fingerprint density at radius 2 is 1.84 bits per heavy atom. The van der Waals surface area contributed by atoms with Gasteiger partial charge in [0.2, 0.25) is 0 Å². The predicted molar refractivity (Wildman–Crippen MR) is 95.3 cm³/mol. The molecule has 0 spiro atoms. The molecule has 0 aliphatic rings. The minimum atomic E-state index is -0.305. The van der Waals surface area contributed by atoms with E-state index in [2.05, 4.69) is 15.5 Å². The van der Waals surface area contributed by atoms with Crippen molar-refractivity contribution in [1.29, 1.82) is 0 Å². The molecule has 7 heteroatoms. The quantitative estimate of drug-likeness (QED) is 0.687. The van der Waals surface area contributed by atoms with Gasteiger partial charge in [-0.05, 0) is 42.2 Å². The molecule has 0 saturated heterocycles. The number of carbonyl (C=O) groups excluding carboxylic acids is 1. The fourth-order valence-corrected chi connectivity index (χ4v) is 3.03. The summed E-state index contributed by atoms with van der Waals surface area (Å²) in [5.41, 5.74) is 1.34. The number of halogens is 1. The van der Waals surface area contributed by atoms with Gasteiger partial charge in [-0.2, -0.15) is 0 Å². The minimum Gasteiger partial charge on any atom is -0.345 e. The van der Waals surface area contributed by atoms with Gasteiger partial charge in [-0.25, -0.2) is 4.39 Å². The molecule has 1 aromatic heterocycles. The standard InChI is InChI=1S/C18H17FN4OS/c1-2-25-18-22-21-16(23(18)15-10-8-14(19)9-11-15)12-20-17(24)13-6-4-3-5-7-13/h3-11H,2,12H2,1H3,(H,20,24). The molecule has 0 aliphatic heterocycles. The first-order valence-corrected chi connectivity index (χ1v) is 8.84.